The average Bonchev–Trinajstić information content (AvgIpc) is 3.24. The van der Waals surface area contributed by atoms with Crippen molar-refractivity contribution in [2.75, 3.05) is 5.32 Å². The number of amides is 1. The molecule has 7 heteroatoms. The average molecular weight is 457 g/mol. The number of carbonyl (C=O) groups excluding carboxylic acids is 1. The maximum Gasteiger partial charge on any atom is 0.270 e. The summed E-state index contributed by atoms with van der Waals surface area (Å²) < 4.78 is 0. The zero-order valence-corrected chi connectivity index (χ0v) is 20.3. The first kappa shape index (κ1) is 22.3. The minimum atomic E-state index is -0.114. The van der Waals surface area contributed by atoms with Gasteiger partial charge in [-0.25, -0.2) is 4.98 Å². The van der Waals surface area contributed by atoms with E-state index in [-0.39, 0.29) is 17.4 Å². The van der Waals surface area contributed by atoms with E-state index in [2.05, 4.69) is 77.8 Å². The fraction of sp³-hybridized carbons (Fsp3) is 0.407. The fourth-order valence-corrected chi connectivity index (χ4v) is 4.73. The van der Waals surface area contributed by atoms with Crippen LogP contribution in [-0.2, 0) is 5.41 Å². The molecule has 3 heterocycles. The van der Waals surface area contributed by atoms with Crippen LogP contribution in [0.25, 0.3) is 21.9 Å². The molecule has 0 unspecified atom stereocenters. The van der Waals surface area contributed by atoms with Crippen LogP contribution in [0.1, 0.15) is 68.2 Å². The lowest BCUT2D eigenvalue weighted by atomic mass is 9.89. The van der Waals surface area contributed by atoms with Crippen LogP contribution >= 0.6 is 0 Å². The lowest BCUT2D eigenvalue weighted by molar-refractivity contribution is 0.0923. The number of pyridine rings is 2. The Balaban J connectivity index is 1.27. The number of benzene rings is 1. The van der Waals surface area contributed by atoms with Gasteiger partial charge in [-0.2, -0.15) is 5.10 Å². The van der Waals surface area contributed by atoms with Crippen molar-refractivity contribution < 1.29 is 4.79 Å². The van der Waals surface area contributed by atoms with Gasteiger partial charge >= 0.3 is 0 Å². The van der Waals surface area contributed by atoms with Crippen LogP contribution in [0, 0.1) is 6.92 Å². The first-order chi connectivity index (χ1) is 16.3. The summed E-state index contributed by atoms with van der Waals surface area (Å²) in [6.45, 7) is 8.72. The van der Waals surface area contributed by atoms with Crippen molar-refractivity contribution in [2.45, 2.75) is 70.9 Å². The zero-order valence-electron chi connectivity index (χ0n) is 20.3. The summed E-state index contributed by atoms with van der Waals surface area (Å²) in [6, 6.07) is 12.9. The van der Waals surface area contributed by atoms with E-state index in [4.69, 9.17) is 4.98 Å². The lowest BCUT2D eigenvalue weighted by Crippen LogP contribution is -2.40. The van der Waals surface area contributed by atoms with E-state index < -0.39 is 0 Å². The summed E-state index contributed by atoms with van der Waals surface area (Å²) in [5.74, 6) is -0.114. The summed E-state index contributed by atoms with van der Waals surface area (Å²) in [6.07, 6.45) is 5.54. The highest BCUT2D eigenvalue weighted by Crippen LogP contribution is 2.32. The van der Waals surface area contributed by atoms with E-state index in [1.165, 1.54) is 10.9 Å². The second kappa shape index (κ2) is 8.70. The van der Waals surface area contributed by atoms with E-state index in [0.29, 0.717) is 17.4 Å². The second-order valence-electron chi connectivity index (χ2n) is 10.5. The number of fused-ring (bicyclic) bond motifs is 2. The van der Waals surface area contributed by atoms with Gasteiger partial charge in [0.05, 0.1) is 10.9 Å². The molecule has 1 amide bonds. The van der Waals surface area contributed by atoms with Crippen LogP contribution in [-0.4, -0.2) is 38.2 Å². The van der Waals surface area contributed by atoms with Crippen LogP contribution in [0.15, 0.2) is 42.6 Å². The molecule has 1 fully saturated rings. The summed E-state index contributed by atoms with van der Waals surface area (Å²) in [5.41, 5.74) is 5.53. The Morgan fingerprint density at radius 2 is 1.79 bits per heavy atom. The number of nitrogens with one attached hydrogen (secondary N) is 3. The smallest absolute Gasteiger partial charge is 0.270 e. The molecular formula is C27H32N6O. The predicted molar refractivity (Wildman–Crippen MR) is 136 cm³/mol. The quantitative estimate of drug-likeness (QED) is 0.389. The van der Waals surface area contributed by atoms with Crippen molar-refractivity contribution in [3.8, 4) is 0 Å². The van der Waals surface area contributed by atoms with Gasteiger partial charge in [0.25, 0.3) is 5.91 Å². The molecule has 1 saturated carbocycles. The Labute approximate surface area is 199 Å². The van der Waals surface area contributed by atoms with Gasteiger partial charge in [0.15, 0.2) is 5.65 Å². The van der Waals surface area contributed by atoms with Crippen LogP contribution < -0.4 is 10.6 Å². The number of aryl methyl sites for hydroxylation is 1. The van der Waals surface area contributed by atoms with Crippen molar-refractivity contribution in [3.63, 3.8) is 0 Å². The number of hydrogen-bond donors (Lipinski definition) is 3. The Bertz CT molecular complexity index is 1340. The third-order valence-electron chi connectivity index (χ3n) is 6.71. The lowest BCUT2D eigenvalue weighted by Gasteiger charge is -2.31. The van der Waals surface area contributed by atoms with Crippen molar-refractivity contribution in [1.29, 1.82) is 0 Å². The van der Waals surface area contributed by atoms with E-state index in [0.717, 1.165) is 48.0 Å². The second-order valence-corrected chi connectivity index (χ2v) is 10.5. The van der Waals surface area contributed by atoms with Gasteiger partial charge in [-0.05, 0) is 62.9 Å². The first-order valence-corrected chi connectivity index (χ1v) is 12.1. The molecule has 3 aromatic heterocycles. The first-order valence-electron chi connectivity index (χ1n) is 12.1. The van der Waals surface area contributed by atoms with Gasteiger partial charge < -0.3 is 10.6 Å². The third-order valence-corrected chi connectivity index (χ3v) is 6.71. The van der Waals surface area contributed by atoms with Crippen LogP contribution in [0.3, 0.4) is 0 Å². The van der Waals surface area contributed by atoms with Crippen molar-refractivity contribution >= 4 is 33.5 Å². The molecule has 0 bridgehead atoms. The third kappa shape index (κ3) is 4.47. The van der Waals surface area contributed by atoms with Gasteiger partial charge in [0.2, 0.25) is 0 Å². The molecule has 7 nitrogen and oxygen atoms in total. The highest BCUT2D eigenvalue weighted by molar-refractivity contribution is 6.03. The Morgan fingerprint density at radius 1 is 1.03 bits per heavy atom. The van der Waals surface area contributed by atoms with Gasteiger partial charge in [0, 0.05) is 40.5 Å². The molecule has 0 saturated heterocycles. The summed E-state index contributed by atoms with van der Waals surface area (Å²) in [4.78, 5) is 22.0. The van der Waals surface area contributed by atoms with Crippen molar-refractivity contribution in [2.24, 2.45) is 0 Å². The molecule has 176 valence electrons. The molecule has 4 aromatic rings. The largest absolute Gasteiger partial charge is 0.382 e. The highest BCUT2D eigenvalue weighted by Gasteiger charge is 2.25. The number of H-pyrrole nitrogens is 1. The zero-order chi connectivity index (χ0) is 23.9. The maximum absolute atomic E-state index is 12.8. The molecule has 0 spiro atoms. The van der Waals surface area contributed by atoms with Gasteiger partial charge in [-0.15, -0.1) is 0 Å². The molecule has 0 aliphatic heterocycles. The number of nitrogens with zero attached hydrogens (tertiary/aromatic N) is 3. The molecule has 1 aliphatic rings. The molecule has 1 aromatic carbocycles. The molecule has 3 N–H and O–H groups in total. The minimum absolute atomic E-state index is 0.0240. The summed E-state index contributed by atoms with van der Waals surface area (Å²) in [5, 5.41) is 15.9. The number of carbonyl (C=O) groups is 1. The molecule has 5 rings (SSSR count). The van der Waals surface area contributed by atoms with E-state index in [1.807, 2.05) is 12.1 Å². The van der Waals surface area contributed by atoms with Crippen molar-refractivity contribution in [3.05, 3.63) is 59.5 Å². The molecule has 34 heavy (non-hydrogen) atoms. The number of rotatable bonds is 4. The predicted octanol–water partition coefficient (Wildman–Crippen LogP) is 5.27. The summed E-state index contributed by atoms with van der Waals surface area (Å²) in [7, 11) is 0. The SMILES string of the molecule is Cc1ccc2nc(C(C)(C)C)cc(NC3CCC(NC(=O)c4[nH]nc5ncccc45)CC3)c2c1. The number of aromatic amines is 1. The Kier molecular flexibility index (Phi) is 5.71. The van der Waals surface area contributed by atoms with Gasteiger partial charge in [-0.3, -0.25) is 14.9 Å². The van der Waals surface area contributed by atoms with E-state index in [9.17, 15) is 4.79 Å². The van der Waals surface area contributed by atoms with E-state index in [1.54, 1.807) is 6.20 Å². The van der Waals surface area contributed by atoms with Crippen LogP contribution in [0.4, 0.5) is 5.69 Å². The normalized spacial score (nSPS) is 18.8. The molecule has 0 atom stereocenters. The number of hydrogen-bond acceptors (Lipinski definition) is 5. The molecular weight excluding hydrogens is 424 g/mol. The molecule has 0 radical (unpaired) electrons. The number of anilines is 1. The Morgan fingerprint density at radius 3 is 2.56 bits per heavy atom. The standard InChI is InChI=1S/C27H32N6O/c1-16-7-12-21-20(14-16)22(15-23(31-21)27(2,3)4)29-17-8-10-18(11-9-17)30-26(34)24-19-6-5-13-28-25(19)33-32-24/h5-7,12-15,17-18H,8-11H2,1-4H3,(H,29,31)(H,30,34)(H,28,32,33). The monoisotopic (exact) mass is 456 g/mol. The Hall–Kier alpha value is -3.48. The van der Waals surface area contributed by atoms with Crippen LogP contribution in [0.2, 0.25) is 0 Å². The molecule has 1 aliphatic carbocycles. The minimum Gasteiger partial charge on any atom is -0.382 e. The fourth-order valence-electron chi connectivity index (χ4n) is 4.73. The highest BCUT2D eigenvalue weighted by atomic mass is 16.2. The van der Waals surface area contributed by atoms with Gasteiger partial charge in [0.1, 0.15) is 5.69 Å². The number of aromatic nitrogens is 4. The van der Waals surface area contributed by atoms with Gasteiger partial charge in [-0.1, -0.05) is 32.4 Å². The van der Waals surface area contributed by atoms with Crippen LogP contribution in [0.5, 0.6) is 0 Å². The topological polar surface area (TPSA) is 95.6 Å². The maximum atomic E-state index is 12.8. The van der Waals surface area contributed by atoms with Crippen molar-refractivity contribution in [1.82, 2.24) is 25.5 Å². The summed E-state index contributed by atoms with van der Waals surface area (Å²) >= 11 is 0. The van der Waals surface area contributed by atoms with E-state index >= 15 is 0 Å².